The normalized spacial score (nSPS) is 12.2. The lowest BCUT2D eigenvalue weighted by atomic mass is 10.1. The lowest BCUT2D eigenvalue weighted by Crippen LogP contribution is -2.14. The highest BCUT2D eigenvalue weighted by atomic mass is 35.5. The molecule has 0 bridgehead atoms. The number of hydrogen-bond donors (Lipinski definition) is 0. The van der Waals surface area contributed by atoms with E-state index < -0.39 is 0 Å². The van der Waals surface area contributed by atoms with Gasteiger partial charge < -0.3 is 4.57 Å². The Bertz CT molecular complexity index is 911. The summed E-state index contributed by atoms with van der Waals surface area (Å²) in [5, 5.41) is 8.94. The first-order valence-corrected chi connectivity index (χ1v) is 8.84. The van der Waals surface area contributed by atoms with Gasteiger partial charge in [-0.3, -0.25) is 4.79 Å². The molecule has 0 unspecified atom stereocenters. The van der Waals surface area contributed by atoms with Crippen LogP contribution in [0.25, 0.3) is 11.4 Å². The minimum Gasteiger partial charge on any atom is -0.305 e. The second-order valence-corrected chi connectivity index (χ2v) is 7.22. The maximum absolute atomic E-state index is 14.0. The van der Waals surface area contributed by atoms with Crippen LogP contribution in [-0.2, 0) is 7.05 Å². The average Bonchev–Trinajstić information content (AvgIpc) is 2.96. The molecule has 0 aliphatic heterocycles. The van der Waals surface area contributed by atoms with Crippen LogP contribution in [0.3, 0.4) is 0 Å². The number of benzene rings is 2. The third-order valence-corrected chi connectivity index (χ3v) is 5.12. The largest absolute Gasteiger partial charge is 0.305 e. The summed E-state index contributed by atoms with van der Waals surface area (Å²) < 4.78 is 15.6. The highest BCUT2D eigenvalue weighted by Crippen LogP contribution is 2.28. The number of carbonyl (C=O) groups is 1. The summed E-state index contributed by atoms with van der Waals surface area (Å²) in [6.45, 7) is 1.80. The molecule has 0 N–H and O–H groups in total. The molecule has 0 aliphatic carbocycles. The van der Waals surface area contributed by atoms with Crippen LogP contribution in [0.4, 0.5) is 4.39 Å². The number of nitrogens with zero attached hydrogens (tertiary/aromatic N) is 3. The summed E-state index contributed by atoms with van der Waals surface area (Å²) in [5.74, 6) is 0.0312. The van der Waals surface area contributed by atoms with Gasteiger partial charge in [0.1, 0.15) is 5.82 Å². The fourth-order valence-electron chi connectivity index (χ4n) is 2.36. The number of thioether (sulfide) groups is 1. The SMILES string of the molecule is C[C@@H](Sc1nnc(-c2ccccc2F)n1C)C(=O)c1ccc(Cl)cc1. The van der Waals surface area contributed by atoms with Crippen molar-refractivity contribution in [2.24, 2.45) is 7.05 Å². The van der Waals surface area contributed by atoms with Gasteiger partial charge in [0, 0.05) is 17.6 Å². The van der Waals surface area contributed by atoms with Gasteiger partial charge in [0.2, 0.25) is 0 Å². The number of carbonyl (C=O) groups excluding carboxylic acids is 1. The predicted molar refractivity (Wildman–Crippen MR) is 97.5 cm³/mol. The molecule has 1 aromatic heterocycles. The predicted octanol–water partition coefficient (Wildman–Crippen LogP) is 4.64. The fraction of sp³-hybridized carbons (Fsp3) is 0.167. The van der Waals surface area contributed by atoms with E-state index in [4.69, 9.17) is 11.6 Å². The summed E-state index contributed by atoms with van der Waals surface area (Å²) in [6.07, 6.45) is 0. The van der Waals surface area contributed by atoms with Crippen LogP contribution in [0, 0.1) is 5.82 Å². The minimum atomic E-state index is -0.363. The van der Waals surface area contributed by atoms with E-state index in [0.29, 0.717) is 27.1 Å². The molecule has 7 heteroatoms. The number of hydrogen-bond acceptors (Lipinski definition) is 4. The van der Waals surface area contributed by atoms with E-state index in [2.05, 4.69) is 10.2 Å². The standard InChI is InChI=1S/C18H15ClFN3OS/c1-11(16(24)12-7-9-13(19)10-8-12)25-18-22-21-17(23(18)2)14-5-3-4-6-15(14)20/h3-11H,1-2H3/t11-/m1/s1. The monoisotopic (exact) mass is 375 g/mol. The van der Waals surface area contributed by atoms with Gasteiger partial charge in [-0.1, -0.05) is 35.5 Å². The van der Waals surface area contributed by atoms with Gasteiger partial charge in [0.15, 0.2) is 16.8 Å². The van der Waals surface area contributed by atoms with E-state index in [1.54, 1.807) is 61.0 Å². The van der Waals surface area contributed by atoms with Crippen LogP contribution in [0.15, 0.2) is 53.7 Å². The lowest BCUT2D eigenvalue weighted by molar-refractivity contribution is 0.0994. The van der Waals surface area contributed by atoms with Crippen molar-refractivity contribution in [3.05, 3.63) is 64.9 Å². The van der Waals surface area contributed by atoms with E-state index in [0.717, 1.165) is 0 Å². The van der Waals surface area contributed by atoms with E-state index in [9.17, 15) is 9.18 Å². The summed E-state index contributed by atoms with van der Waals surface area (Å²) in [7, 11) is 1.75. The van der Waals surface area contributed by atoms with Gasteiger partial charge in [-0.2, -0.15) is 0 Å². The van der Waals surface area contributed by atoms with Crippen molar-refractivity contribution in [2.45, 2.75) is 17.3 Å². The van der Waals surface area contributed by atoms with Crippen molar-refractivity contribution >= 4 is 29.1 Å². The molecular formula is C18H15ClFN3OS. The number of ketones is 1. The third-order valence-electron chi connectivity index (χ3n) is 3.73. The zero-order valence-electron chi connectivity index (χ0n) is 13.6. The van der Waals surface area contributed by atoms with Crippen molar-refractivity contribution in [3.8, 4) is 11.4 Å². The van der Waals surface area contributed by atoms with Gasteiger partial charge in [-0.15, -0.1) is 10.2 Å². The first kappa shape index (κ1) is 17.6. The number of aromatic nitrogens is 3. The van der Waals surface area contributed by atoms with Crippen molar-refractivity contribution in [1.82, 2.24) is 14.8 Å². The lowest BCUT2D eigenvalue weighted by Gasteiger charge is -2.10. The smallest absolute Gasteiger partial charge is 0.191 e. The minimum absolute atomic E-state index is 0.0305. The van der Waals surface area contributed by atoms with Crippen molar-refractivity contribution in [1.29, 1.82) is 0 Å². The van der Waals surface area contributed by atoms with Gasteiger partial charge >= 0.3 is 0 Å². The van der Waals surface area contributed by atoms with Crippen LogP contribution < -0.4 is 0 Å². The van der Waals surface area contributed by atoms with Crippen molar-refractivity contribution < 1.29 is 9.18 Å². The highest BCUT2D eigenvalue weighted by Gasteiger charge is 2.21. The van der Waals surface area contributed by atoms with Crippen molar-refractivity contribution in [3.63, 3.8) is 0 Å². The molecule has 0 saturated heterocycles. The van der Waals surface area contributed by atoms with Crippen LogP contribution in [-0.4, -0.2) is 25.8 Å². The molecule has 0 spiro atoms. The van der Waals surface area contributed by atoms with E-state index >= 15 is 0 Å². The molecule has 1 atom stereocenters. The molecule has 3 rings (SSSR count). The Hall–Kier alpha value is -2.18. The number of Topliss-reactive ketones (excluding diaryl/α,β-unsaturated/α-hetero) is 1. The molecule has 0 radical (unpaired) electrons. The molecule has 0 fully saturated rings. The first-order chi connectivity index (χ1) is 12.0. The van der Waals surface area contributed by atoms with E-state index in [-0.39, 0.29) is 16.9 Å². The van der Waals surface area contributed by atoms with E-state index in [1.807, 2.05) is 0 Å². The molecule has 0 amide bonds. The second kappa shape index (κ2) is 7.37. The second-order valence-electron chi connectivity index (χ2n) is 5.48. The maximum atomic E-state index is 14.0. The maximum Gasteiger partial charge on any atom is 0.191 e. The Morgan fingerprint density at radius 1 is 1.16 bits per heavy atom. The first-order valence-electron chi connectivity index (χ1n) is 7.58. The average molecular weight is 376 g/mol. The Morgan fingerprint density at radius 2 is 1.84 bits per heavy atom. The highest BCUT2D eigenvalue weighted by molar-refractivity contribution is 8.00. The van der Waals surface area contributed by atoms with Gasteiger partial charge in [-0.05, 0) is 43.3 Å². The van der Waals surface area contributed by atoms with Gasteiger partial charge in [-0.25, -0.2) is 4.39 Å². The van der Waals surface area contributed by atoms with Crippen LogP contribution in [0.5, 0.6) is 0 Å². The molecule has 3 aromatic rings. The van der Waals surface area contributed by atoms with Gasteiger partial charge in [0.25, 0.3) is 0 Å². The fourth-order valence-corrected chi connectivity index (χ4v) is 3.37. The number of halogens is 2. The molecule has 4 nitrogen and oxygen atoms in total. The molecule has 25 heavy (non-hydrogen) atoms. The molecule has 128 valence electrons. The van der Waals surface area contributed by atoms with Crippen LogP contribution in [0.1, 0.15) is 17.3 Å². The summed E-state index contributed by atoms with van der Waals surface area (Å²) in [4.78, 5) is 12.5. The zero-order chi connectivity index (χ0) is 18.0. The Kier molecular flexibility index (Phi) is 5.20. The molecule has 0 aliphatic rings. The summed E-state index contributed by atoms with van der Waals surface area (Å²) >= 11 is 7.13. The zero-order valence-corrected chi connectivity index (χ0v) is 15.2. The molecule has 0 saturated carbocycles. The number of rotatable bonds is 5. The van der Waals surface area contributed by atoms with Crippen molar-refractivity contribution in [2.75, 3.05) is 0 Å². The summed E-state index contributed by atoms with van der Waals surface area (Å²) in [5.41, 5.74) is 0.960. The van der Waals surface area contributed by atoms with Crippen LogP contribution in [0.2, 0.25) is 5.02 Å². The topological polar surface area (TPSA) is 47.8 Å². The quantitative estimate of drug-likeness (QED) is 0.481. The van der Waals surface area contributed by atoms with Crippen LogP contribution >= 0.6 is 23.4 Å². The Labute approximate surface area is 154 Å². The Balaban J connectivity index is 1.81. The van der Waals surface area contributed by atoms with Gasteiger partial charge in [0.05, 0.1) is 10.8 Å². The molecular weight excluding hydrogens is 361 g/mol. The third kappa shape index (κ3) is 3.75. The Morgan fingerprint density at radius 3 is 2.52 bits per heavy atom. The molecule has 1 heterocycles. The van der Waals surface area contributed by atoms with E-state index in [1.165, 1.54) is 17.8 Å². The summed E-state index contributed by atoms with van der Waals surface area (Å²) in [6, 6.07) is 13.2. The molecule has 2 aromatic carbocycles.